The molecule has 0 spiro atoms. The summed E-state index contributed by atoms with van der Waals surface area (Å²) in [6.45, 7) is 6.65. The molecule has 170 valence electrons. The van der Waals surface area contributed by atoms with Gasteiger partial charge in [-0.2, -0.15) is 0 Å². The zero-order valence-electron chi connectivity index (χ0n) is 18.6. The van der Waals surface area contributed by atoms with Gasteiger partial charge in [0.05, 0.1) is 30.4 Å². The van der Waals surface area contributed by atoms with Gasteiger partial charge < -0.3 is 19.5 Å². The number of likely N-dealkylation sites (tertiary alicyclic amines) is 1. The van der Waals surface area contributed by atoms with Crippen molar-refractivity contribution in [1.82, 2.24) is 4.90 Å². The maximum Gasteiger partial charge on any atom is 0.295 e. The van der Waals surface area contributed by atoms with E-state index >= 15 is 0 Å². The van der Waals surface area contributed by atoms with Crippen LogP contribution in [0.4, 0.5) is 4.39 Å². The molecule has 1 fully saturated rings. The Morgan fingerprint density at radius 2 is 1.78 bits per heavy atom. The van der Waals surface area contributed by atoms with Gasteiger partial charge in [-0.15, -0.1) is 0 Å². The molecule has 0 bridgehead atoms. The predicted molar refractivity (Wildman–Crippen MR) is 119 cm³/mol. The second-order valence-electron chi connectivity index (χ2n) is 7.39. The van der Waals surface area contributed by atoms with Gasteiger partial charge in [0.1, 0.15) is 23.1 Å². The maximum atomic E-state index is 14.8. The van der Waals surface area contributed by atoms with E-state index in [2.05, 4.69) is 0 Å². The maximum absolute atomic E-state index is 14.8. The van der Waals surface area contributed by atoms with Gasteiger partial charge >= 0.3 is 0 Å². The van der Waals surface area contributed by atoms with Crippen LogP contribution in [0.1, 0.15) is 50.8 Å². The highest BCUT2D eigenvalue weighted by atomic mass is 19.1. The number of rotatable bonds is 9. The highest BCUT2D eigenvalue weighted by molar-refractivity contribution is 6.46. The number of nitrogens with zero attached hydrogens (tertiary/aromatic N) is 1. The Morgan fingerprint density at radius 1 is 1.06 bits per heavy atom. The molecule has 1 aliphatic rings. The number of hydrogen-bond acceptors (Lipinski definition) is 5. The molecule has 0 aliphatic carbocycles. The Hall–Kier alpha value is -3.35. The lowest BCUT2D eigenvalue weighted by molar-refractivity contribution is -0.139. The molecule has 1 saturated heterocycles. The van der Waals surface area contributed by atoms with Crippen molar-refractivity contribution in [3.63, 3.8) is 0 Å². The minimum Gasteiger partial charge on any atom is -0.507 e. The summed E-state index contributed by atoms with van der Waals surface area (Å²) in [7, 11) is 0. The molecule has 1 atom stereocenters. The Balaban J connectivity index is 2.21. The number of halogens is 1. The number of ether oxygens (including phenoxy) is 2. The smallest absolute Gasteiger partial charge is 0.295 e. The van der Waals surface area contributed by atoms with Crippen molar-refractivity contribution in [3.8, 4) is 11.5 Å². The molecule has 32 heavy (non-hydrogen) atoms. The minimum absolute atomic E-state index is 0.152. The standard InChI is InChI=1S/C25H28FNO5/c1-4-7-14-27-22(17-10-8-9-11-19(17)26)21(24(29)25(27)30)23(28)18-13-12-16(31-5-2)15-20(18)32-6-3/h8-13,15,22,28H,4-7,14H2,1-3H3/b23-21+. The molecule has 0 radical (unpaired) electrons. The minimum atomic E-state index is -1.02. The average molecular weight is 441 g/mol. The van der Waals surface area contributed by atoms with Crippen LogP contribution in [0, 0.1) is 5.82 Å². The molecule has 3 rings (SSSR count). The van der Waals surface area contributed by atoms with Crippen LogP contribution in [0.5, 0.6) is 11.5 Å². The first-order valence-corrected chi connectivity index (χ1v) is 10.9. The van der Waals surface area contributed by atoms with E-state index in [1.54, 1.807) is 31.2 Å². The SMILES string of the molecule is CCCCN1C(=O)C(=O)/C(=C(/O)c2ccc(OCC)cc2OCC)C1c1ccccc1F. The molecule has 2 aromatic rings. The molecule has 1 heterocycles. The van der Waals surface area contributed by atoms with Gasteiger partial charge in [0, 0.05) is 18.2 Å². The third kappa shape index (κ3) is 4.47. The van der Waals surface area contributed by atoms with E-state index in [-0.39, 0.29) is 23.2 Å². The summed E-state index contributed by atoms with van der Waals surface area (Å²) in [5, 5.41) is 11.2. The molecular formula is C25H28FNO5. The van der Waals surface area contributed by atoms with Crippen LogP contribution in [-0.2, 0) is 9.59 Å². The lowest BCUT2D eigenvalue weighted by Crippen LogP contribution is -2.31. The number of hydrogen-bond donors (Lipinski definition) is 1. The summed E-state index contributed by atoms with van der Waals surface area (Å²) in [4.78, 5) is 27.2. The summed E-state index contributed by atoms with van der Waals surface area (Å²) in [6, 6.07) is 9.79. The van der Waals surface area contributed by atoms with Crippen molar-refractivity contribution in [1.29, 1.82) is 0 Å². The fraction of sp³-hybridized carbons (Fsp3) is 0.360. The van der Waals surface area contributed by atoms with Crippen molar-refractivity contribution in [2.75, 3.05) is 19.8 Å². The second-order valence-corrected chi connectivity index (χ2v) is 7.39. The Kier molecular flexibility index (Phi) is 7.51. The van der Waals surface area contributed by atoms with Crippen molar-refractivity contribution in [2.45, 2.75) is 39.7 Å². The summed E-state index contributed by atoms with van der Waals surface area (Å²) in [5.41, 5.74) is 0.250. The third-order valence-electron chi connectivity index (χ3n) is 5.31. The van der Waals surface area contributed by atoms with Crippen molar-refractivity contribution >= 4 is 17.4 Å². The van der Waals surface area contributed by atoms with Crippen LogP contribution in [-0.4, -0.2) is 41.5 Å². The van der Waals surface area contributed by atoms with E-state index in [0.29, 0.717) is 31.1 Å². The summed E-state index contributed by atoms with van der Waals surface area (Å²) in [5.74, 6) is -1.70. The van der Waals surface area contributed by atoms with E-state index in [1.165, 1.54) is 23.1 Å². The molecule has 7 heteroatoms. The van der Waals surface area contributed by atoms with Gasteiger partial charge in [-0.05, 0) is 38.5 Å². The first-order valence-electron chi connectivity index (χ1n) is 10.9. The molecule has 2 aromatic carbocycles. The largest absolute Gasteiger partial charge is 0.507 e. The molecule has 1 N–H and O–H groups in total. The number of aliphatic hydroxyl groups is 1. The lowest BCUT2D eigenvalue weighted by Gasteiger charge is -2.25. The predicted octanol–water partition coefficient (Wildman–Crippen LogP) is 4.84. The number of ketones is 1. The topological polar surface area (TPSA) is 76.1 Å². The number of amides is 1. The molecule has 1 amide bonds. The highest BCUT2D eigenvalue weighted by Crippen LogP contribution is 2.42. The fourth-order valence-corrected chi connectivity index (χ4v) is 3.83. The first-order chi connectivity index (χ1) is 15.4. The zero-order chi connectivity index (χ0) is 23.3. The molecule has 6 nitrogen and oxygen atoms in total. The third-order valence-corrected chi connectivity index (χ3v) is 5.31. The van der Waals surface area contributed by atoms with Crippen LogP contribution < -0.4 is 9.47 Å². The summed E-state index contributed by atoms with van der Waals surface area (Å²) in [6.07, 6.45) is 1.44. The molecule has 1 aliphatic heterocycles. The average Bonchev–Trinajstić information content (AvgIpc) is 3.03. The monoisotopic (exact) mass is 441 g/mol. The number of carbonyl (C=O) groups is 2. The fourth-order valence-electron chi connectivity index (χ4n) is 3.83. The Labute approximate surface area is 187 Å². The van der Waals surface area contributed by atoms with Gasteiger partial charge in [-0.3, -0.25) is 9.59 Å². The molecule has 0 aromatic heterocycles. The Bertz CT molecular complexity index is 1030. The zero-order valence-corrected chi connectivity index (χ0v) is 18.6. The van der Waals surface area contributed by atoms with Crippen molar-refractivity contribution in [2.24, 2.45) is 0 Å². The molecular weight excluding hydrogens is 413 g/mol. The Morgan fingerprint density at radius 3 is 2.44 bits per heavy atom. The first kappa shape index (κ1) is 23.3. The summed E-state index contributed by atoms with van der Waals surface area (Å²) < 4.78 is 25.9. The van der Waals surface area contributed by atoms with E-state index in [1.807, 2.05) is 13.8 Å². The van der Waals surface area contributed by atoms with Crippen LogP contribution in [0.25, 0.3) is 5.76 Å². The quantitative estimate of drug-likeness (QED) is 0.342. The number of benzene rings is 2. The normalized spacial score (nSPS) is 17.6. The van der Waals surface area contributed by atoms with Crippen LogP contribution in [0.3, 0.4) is 0 Å². The van der Waals surface area contributed by atoms with Gasteiger partial charge in [0.15, 0.2) is 0 Å². The highest BCUT2D eigenvalue weighted by Gasteiger charge is 2.46. The number of aliphatic hydroxyl groups excluding tert-OH is 1. The molecule has 0 saturated carbocycles. The van der Waals surface area contributed by atoms with Crippen molar-refractivity contribution in [3.05, 3.63) is 65.0 Å². The van der Waals surface area contributed by atoms with E-state index in [9.17, 15) is 19.1 Å². The summed E-state index contributed by atoms with van der Waals surface area (Å²) >= 11 is 0. The second kappa shape index (κ2) is 10.3. The van der Waals surface area contributed by atoms with Gasteiger partial charge in [0.25, 0.3) is 11.7 Å². The molecule has 1 unspecified atom stereocenters. The van der Waals surface area contributed by atoms with E-state index in [4.69, 9.17) is 9.47 Å². The van der Waals surface area contributed by atoms with E-state index < -0.39 is 29.3 Å². The van der Waals surface area contributed by atoms with Gasteiger partial charge in [-0.1, -0.05) is 31.5 Å². The number of carbonyl (C=O) groups excluding carboxylic acids is 2. The number of Topliss-reactive ketones (excluding diaryl/α,β-unsaturated/α-hetero) is 1. The van der Waals surface area contributed by atoms with Crippen LogP contribution in [0.2, 0.25) is 0 Å². The van der Waals surface area contributed by atoms with E-state index in [0.717, 1.165) is 6.42 Å². The van der Waals surface area contributed by atoms with Crippen molar-refractivity contribution < 1.29 is 28.6 Å². The lowest BCUT2D eigenvalue weighted by atomic mass is 9.94. The van der Waals surface area contributed by atoms with Crippen LogP contribution in [0.15, 0.2) is 48.0 Å². The number of unbranched alkanes of at least 4 members (excludes halogenated alkanes) is 1. The van der Waals surface area contributed by atoms with Gasteiger partial charge in [0.2, 0.25) is 0 Å². The van der Waals surface area contributed by atoms with Gasteiger partial charge in [-0.25, -0.2) is 4.39 Å². The van der Waals surface area contributed by atoms with Crippen LogP contribution >= 0.6 is 0 Å².